The second-order valence-electron chi connectivity index (χ2n) is 7.86. The molecule has 4 aromatic rings. The van der Waals surface area contributed by atoms with E-state index in [2.05, 4.69) is 60.9 Å². The van der Waals surface area contributed by atoms with Crippen molar-refractivity contribution >= 4 is 22.6 Å². The number of aryl methyl sites for hydroxylation is 1. The van der Waals surface area contributed by atoms with Crippen molar-refractivity contribution in [2.45, 2.75) is 39.2 Å². The van der Waals surface area contributed by atoms with Crippen LogP contribution in [-0.2, 0) is 6.54 Å². The highest BCUT2D eigenvalue weighted by Crippen LogP contribution is 2.26. The Balaban J connectivity index is 1.41. The highest BCUT2D eigenvalue weighted by Gasteiger charge is 2.12. The Labute approximate surface area is 183 Å². The number of unbranched alkanes of at least 4 members (excludes halogenated alkanes) is 1. The average molecular weight is 419 g/mol. The van der Waals surface area contributed by atoms with Gasteiger partial charge in [-0.1, -0.05) is 49.7 Å². The van der Waals surface area contributed by atoms with Crippen molar-refractivity contribution in [3.05, 3.63) is 83.4 Å². The van der Waals surface area contributed by atoms with Gasteiger partial charge in [0.25, 0.3) is 0 Å². The minimum Gasteiger partial charge on any atom is -0.494 e. The molecule has 0 aliphatic rings. The summed E-state index contributed by atoms with van der Waals surface area (Å²) in [6.07, 6.45) is 2.00. The molecular formula is C26H27ClN2O. The molecule has 0 saturated carbocycles. The lowest BCUT2D eigenvalue weighted by Crippen LogP contribution is -2.04. The van der Waals surface area contributed by atoms with Gasteiger partial charge in [0.2, 0.25) is 0 Å². The number of hydrogen-bond donors (Lipinski definition) is 0. The van der Waals surface area contributed by atoms with Gasteiger partial charge >= 0.3 is 0 Å². The van der Waals surface area contributed by atoms with Crippen LogP contribution in [0.3, 0.4) is 0 Å². The third-order valence-corrected chi connectivity index (χ3v) is 5.60. The topological polar surface area (TPSA) is 27.1 Å². The molecule has 0 spiro atoms. The van der Waals surface area contributed by atoms with Crippen molar-refractivity contribution in [1.82, 2.24) is 9.55 Å². The van der Waals surface area contributed by atoms with Gasteiger partial charge in [-0.2, -0.15) is 0 Å². The zero-order chi connectivity index (χ0) is 20.9. The van der Waals surface area contributed by atoms with E-state index in [0.717, 1.165) is 52.6 Å². The minimum absolute atomic E-state index is 0.541. The van der Waals surface area contributed by atoms with E-state index < -0.39 is 0 Å². The van der Waals surface area contributed by atoms with Crippen LogP contribution in [0.1, 0.15) is 38.2 Å². The normalized spacial score (nSPS) is 11.3. The average Bonchev–Trinajstić information content (AvgIpc) is 3.13. The second kappa shape index (κ2) is 9.36. The van der Waals surface area contributed by atoms with Crippen molar-refractivity contribution in [2.75, 3.05) is 6.61 Å². The number of hydrogen-bond acceptors (Lipinski definition) is 2. The molecule has 0 atom stereocenters. The van der Waals surface area contributed by atoms with Gasteiger partial charge in [0, 0.05) is 17.1 Å². The zero-order valence-electron chi connectivity index (χ0n) is 17.5. The number of aromatic nitrogens is 2. The maximum atomic E-state index is 6.07. The summed E-state index contributed by atoms with van der Waals surface area (Å²) in [7, 11) is 0. The first-order valence-corrected chi connectivity index (χ1v) is 10.9. The fourth-order valence-corrected chi connectivity index (χ4v) is 3.76. The van der Waals surface area contributed by atoms with Gasteiger partial charge in [0.05, 0.1) is 17.6 Å². The molecule has 4 rings (SSSR count). The van der Waals surface area contributed by atoms with E-state index in [1.807, 2.05) is 30.3 Å². The van der Waals surface area contributed by atoms with Crippen molar-refractivity contribution in [3.63, 3.8) is 0 Å². The Kier molecular flexibility index (Phi) is 6.39. The summed E-state index contributed by atoms with van der Waals surface area (Å²) in [5.74, 6) is 2.46. The van der Waals surface area contributed by atoms with Gasteiger partial charge < -0.3 is 9.30 Å². The minimum atomic E-state index is 0.541. The molecule has 0 amide bonds. The van der Waals surface area contributed by atoms with Crippen LogP contribution in [0.5, 0.6) is 5.75 Å². The van der Waals surface area contributed by atoms with Gasteiger partial charge in [-0.25, -0.2) is 4.98 Å². The van der Waals surface area contributed by atoms with Crippen LogP contribution < -0.4 is 4.74 Å². The number of ether oxygens (including phenoxy) is 1. The first-order chi connectivity index (χ1) is 14.6. The highest BCUT2D eigenvalue weighted by atomic mass is 35.5. The number of nitrogens with zero attached hydrogens (tertiary/aromatic N) is 2. The van der Waals surface area contributed by atoms with E-state index in [9.17, 15) is 0 Å². The second-order valence-corrected chi connectivity index (χ2v) is 8.30. The number of fused-ring (bicyclic) bond motifs is 1. The van der Waals surface area contributed by atoms with E-state index in [-0.39, 0.29) is 0 Å². The lowest BCUT2D eigenvalue weighted by Gasteiger charge is -2.11. The summed E-state index contributed by atoms with van der Waals surface area (Å²) in [5, 5.41) is 0.736. The molecule has 0 fully saturated rings. The lowest BCUT2D eigenvalue weighted by molar-refractivity contribution is 0.303. The van der Waals surface area contributed by atoms with Crippen LogP contribution in [0.15, 0.2) is 72.8 Å². The quantitative estimate of drug-likeness (QED) is 0.280. The molecule has 0 bridgehead atoms. The van der Waals surface area contributed by atoms with Gasteiger partial charge in [-0.3, -0.25) is 0 Å². The Bertz CT molecular complexity index is 1100. The summed E-state index contributed by atoms with van der Waals surface area (Å²) in [6.45, 7) is 6.01. The number of benzene rings is 3. The molecule has 4 heteroatoms. The molecule has 0 radical (unpaired) electrons. The molecule has 0 N–H and O–H groups in total. The van der Waals surface area contributed by atoms with Crippen molar-refractivity contribution in [3.8, 4) is 17.1 Å². The first-order valence-electron chi connectivity index (χ1n) is 10.6. The number of imidazole rings is 1. The first kappa shape index (κ1) is 20.5. The van der Waals surface area contributed by atoms with Crippen LogP contribution in [0, 0.1) is 0 Å². The maximum absolute atomic E-state index is 6.07. The van der Waals surface area contributed by atoms with E-state index in [4.69, 9.17) is 21.3 Å². The molecule has 1 aromatic heterocycles. The molecule has 0 unspecified atom stereocenters. The molecule has 0 aliphatic heterocycles. The number of rotatable bonds is 8. The van der Waals surface area contributed by atoms with Crippen molar-refractivity contribution in [1.29, 1.82) is 0 Å². The predicted molar refractivity (Wildman–Crippen MR) is 125 cm³/mol. The molecular weight excluding hydrogens is 392 g/mol. The summed E-state index contributed by atoms with van der Waals surface area (Å²) in [6, 6.07) is 24.6. The van der Waals surface area contributed by atoms with Gasteiger partial charge in [0.1, 0.15) is 11.6 Å². The Hall–Kier alpha value is -2.78. The standard InChI is InChI=1S/C26H27ClN2O/c1-19(2)20-11-15-23(16-12-20)30-18-6-5-17-29-25-8-4-3-7-24(25)28-26(29)21-9-13-22(27)14-10-21/h3-4,7-16,19H,5-6,17-18H2,1-2H3. The summed E-state index contributed by atoms with van der Waals surface area (Å²) in [4.78, 5) is 4.87. The predicted octanol–water partition coefficient (Wildman–Crippen LogP) is 7.34. The zero-order valence-corrected chi connectivity index (χ0v) is 18.3. The van der Waals surface area contributed by atoms with Crippen molar-refractivity contribution < 1.29 is 4.74 Å². The van der Waals surface area contributed by atoms with E-state index in [0.29, 0.717) is 12.5 Å². The van der Waals surface area contributed by atoms with Gasteiger partial charge in [0.15, 0.2) is 0 Å². The Morgan fingerprint density at radius 1 is 0.900 bits per heavy atom. The third-order valence-electron chi connectivity index (χ3n) is 5.35. The van der Waals surface area contributed by atoms with Crippen LogP contribution in [-0.4, -0.2) is 16.2 Å². The van der Waals surface area contributed by atoms with E-state index in [1.54, 1.807) is 0 Å². The SMILES string of the molecule is CC(C)c1ccc(OCCCCn2c(-c3ccc(Cl)cc3)nc3ccccc32)cc1. The van der Waals surface area contributed by atoms with E-state index >= 15 is 0 Å². The van der Waals surface area contributed by atoms with Gasteiger partial charge in [-0.15, -0.1) is 0 Å². The number of para-hydroxylation sites is 2. The lowest BCUT2D eigenvalue weighted by atomic mass is 10.0. The van der Waals surface area contributed by atoms with Gasteiger partial charge in [-0.05, 0) is 72.9 Å². The largest absolute Gasteiger partial charge is 0.494 e. The molecule has 0 aliphatic carbocycles. The number of halogens is 1. The smallest absolute Gasteiger partial charge is 0.141 e. The third kappa shape index (κ3) is 4.68. The summed E-state index contributed by atoms with van der Waals surface area (Å²) in [5.41, 5.74) is 4.60. The monoisotopic (exact) mass is 418 g/mol. The van der Waals surface area contributed by atoms with E-state index in [1.165, 1.54) is 5.56 Å². The Morgan fingerprint density at radius 2 is 1.63 bits per heavy atom. The molecule has 154 valence electrons. The van der Waals surface area contributed by atoms with Crippen LogP contribution >= 0.6 is 11.6 Å². The molecule has 30 heavy (non-hydrogen) atoms. The Morgan fingerprint density at radius 3 is 2.37 bits per heavy atom. The van der Waals surface area contributed by atoms with Crippen molar-refractivity contribution in [2.24, 2.45) is 0 Å². The summed E-state index contributed by atoms with van der Waals surface area (Å²) >= 11 is 6.07. The highest BCUT2D eigenvalue weighted by molar-refractivity contribution is 6.30. The fraction of sp³-hybridized carbons (Fsp3) is 0.269. The molecule has 3 nitrogen and oxygen atoms in total. The summed E-state index contributed by atoms with van der Waals surface area (Å²) < 4.78 is 8.24. The fourth-order valence-electron chi connectivity index (χ4n) is 3.63. The molecule has 1 heterocycles. The van der Waals surface area contributed by atoms with Crippen LogP contribution in [0.25, 0.3) is 22.4 Å². The van der Waals surface area contributed by atoms with Crippen LogP contribution in [0.4, 0.5) is 0 Å². The van der Waals surface area contributed by atoms with Crippen LogP contribution in [0.2, 0.25) is 5.02 Å². The molecule has 0 saturated heterocycles. The molecule has 3 aromatic carbocycles. The maximum Gasteiger partial charge on any atom is 0.141 e.